The standard InChI is InChI=1S/C27H38F2O2/c1-5-8-9-10-11-12-13-24(27(4,30-6-2)31-7-3)22-16-14-21(15-17-22)23-18-19-25(28)26(29)20-23/h14-20,24H,5-13H2,1-4H3. The van der Waals surface area contributed by atoms with Crippen molar-refractivity contribution in [2.75, 3.05) is 13.2 Å². The van der Waals surface area contributed by atoms with E-state index in [1.54, 1.807) is 6.07 Å². The molecular formula is C27H38F2O2. The Kier molecular flexibility index (Phi) is 10.6. The Balaban J connectivity index is 2.21. The Bertz CT molecular complexity index is 767. The molecule has 2 rings (SSSR count). The summed E-state index contributed by atoms with van der Waals surface area (Å²) in [5, 5.41) is 0. The average Bonchev–Trinajstić information content (AvgIpc) is 2.75. The minimum Gasteiger partial charge on any atom is -0.350 e. The third kappa shape index (κ3) is 7.40. The van der Waals surface area contributed by atoms with E-state index in [0.717, 1.165) is 24.0 Å². The van der Waals surface area contributed by atoms with Crippen LogP contribution in [0.2, 0.25) is 0 Å². The van der Waals surface area contributed by atoms with E-state index in [4.69, 9.17) is 9.47 Å². The minimum atomic E-state index is -0.831. The van der Waals surface area contributed by atoms with Crippen LogP contribution in [0.5, 0.6) is 0 Å². The van der Waals surface area contributed by atoms with E-state index < -0.39 is 17.4 Å². The topological polar surface area (TPSA) is 18.5 Å². The molecule has 0 bridgehead atoms. The fourth-order valence-corrected chi connectivity index (χ4v) is 4.26. The second-order valence-electron chi connectivity index (χ2n) is 8.24. The van der Waals surface area contributed by atoms with Crippen LogP contribution in [-0.4, -0.2) is 19.0 Å². The van der Waals surface area contributed by atoms with Crippen molar-refractivity contribution >= 4 is 0 Å². The summed E-state index contributed by atoms with van der Waals surface area (Å²) in [5.74, 6) is -2.26. The highest BCUT2D eigenvalue weighted by Gasteiger charge is 2.36. The van der Waals surface area contributed by atoms with Crippen molar-refractivity contribution in [2.45, 2.75) is 84.3 Å². The van der Waals surface area contributed by atoms with Crippen molar-refractivity contribution in [1.29, 1.82) is 0 Å². The predicted molar refractivity (Wildman–Crippen MR) is 124 cm³/mol. The van der Waals surface area contributed by atoms with Crippen LogP contribution < -0.4 is 0 Å². The molecule has 0 aliphatic heterocycles. The van der Waals surface area contributed by atoms with Crippen LogP contribution in [0.1, 0.15) is 84.1 Å². The van der Waals surface area contributed by atoms with Crippen molar-refractivity contribution in [2.24, 2.45) is 0 Å². The first kappa shape index (κ1) is 25.5. The fourth-order valence-electron chi connectivity index (χ4n) is 4.26. The molecule has 0 amide bonds. The lowest BCUT2D eigenvalue weighted by Gasteiger charge is -2.37. The van der Waals surface area contributed by atoms with E-state index in [9.17, 15) is 8.78 Å². The molecule has 0 aromatic heterocycles. The van der Waals surface area contributed by atoms with Gasteiger partial charge in [0.2, 0.25) is 0 Å². The highest BCUT2D eigenvalue weighted by molar-refractivity contribution is 5.63. The molecule has 1 atom stereocenters. The maximum atomic E-state index is 13.6. The Labute approximate surface area is 187 Å². The number of benzene rings is 2. The van der Waals surface area contributed by atoms with E-state index in [1.165, 1.54) is 44.2 Å². The summed E-state index contributed by atoms with van der Waals surface area (Å²) in [4.78, 5) is 0. The van der Waals surface area contributed by atoms with Gasteiger partial charge in [0.25, 0.3) is 0 Å². The monoisotopic (exact) mass is 432 g/mol. The number of hydrogen-bond donors (Lipinski definition) is 0. The van der Waals surface area contributed by atoms with Gasteiger partial charge in [0, 0.05) is 19.1 Å². The molecular weight excluding hydrogens is 394 g/mol. The largest absolute Gasteiger partial charge is 0.350 e. The number of hydrogen-bond acceptors (Lipinski definition) is 2. The van der Waals surface area contributed by atoms with Gasteiger partial charge in [-0.25, -0.2) is 8.78 Å². The molecule has 2 nitrogen and oxygen atoms in total. The number of ether oxygens (including phenoxy) is 2. The van der Waals surface area contributed by atoms with Gasteiger partial charge in [-0.15, -0.1) is 0 Å². The molecule has 4 heteroatoms. The molecule has 2 aromatic carbocycles. The zero-order chi connectivity index (χ0) is 22.7. The molecule has 31 heavy (non-hydrogen) atoms. The van der Waals surface area contributed by atoms with Crippen LogP contribution in [0.25, 0.3) is 11.1 Å². The predicted octanol–water partition coefficient (Wildman–Crippen LogP) is 8.26. The van der Waals surface area contributed by atoms with Gasteiger partial charge < -0.3 is 9.47 Å². The number of halogens is 2. The Morgan fingerprint density at radius 3 is 1.90 bits per heavy atom. The van der Waals surface area contributed by atoms with Crippen molar-refractivity contribution in [3.05, 3.63) is 59.7 Å². The third-order valence-electron chi connectivity index (χ3n) is 5.91. The van der Waals surface area contributed by atoms with Crippen molar-refractivity contribution in [1.82, 2.24) is 0 Å². The molecule has 0 N–H and O–H groups in total. The maximum absolute atomic E-state index is 13.6. The second-order valence-corrected chi connectivity index (χ2v) is 8.24. The van der Waals surface area contributed by atoms with Gasteiger partial charge in [0.05, 0.1) is 0 Å². The van der Waals surface area contributed by atoms with Gasteiger partial charge >= 0.3 is 0 Å². The summed E-state index contributed by atoms with van der Waals surface area (Å²) in [5.41, 5.74) is 2.66. The summed E-state index contributed by atoms with van der Waals surface area (Å²) < 4.78 is 39.1. The first-order valence-electron chi connectivity index (χ1n) is 11.8. The fraction of sp³-hybridized carbons (Fsp3) is 0.556. The van der Waals surface area contributed by atoms with Crippen molar-refractivity contribution in [3.8, 4) is 11.1 Å². The SMILES string of the molecule is CCCCCCCCC(c1ccc(-c2ccc(F)c(F)c2)cc1)C(C)(OCC)OCC. The van der Waals surface area contributed by atoms with Gasteiger partial charge in [-0.2, -0.15) is 0 Å². The molecule has 0 aliphatic carbocycles. The molecule has 0 saturated carbocycles. The highest BCUT2D eigenvalue weighted by atomic mass is 19.2. The number of rotatable bonds is 14. The lowest BCUT2D eigenvalue weighted by molar-refractivity contribution is -0.236. The zero-order valence-corrected chi connectivity index (χ0v) is 19.6. The summed E-state index contributed by atoms with van der Waals surface area (Å²) in [6.07, 6.45) is 8.40. The lowest BCUT2D eigenvalue weighted by Crippen LogP contribution is -2.39. The van der Waals surface area contributed by atoms with Crippen LogP contribution in [-0.2, 0) is 9.47 Å². The van der Waals surface area contributed by atoms with Gasteiger partial charge in [-0.3, -0.25) is 0 Å². The Morgan fingerprint density at radius 1 is 0.742 bits per heavy atom. The van der Waals surface area contributed by atoms with Crippen molar-refractivity contribution < 1.29 is 18.3 Å². The Morgan fingerprint density at radius 2 is 1.32 bits per heavy atom. The smallest absolute Gasteiger partial charge is 0.172 e. The summed E-state index contributed by atoms with van der Waals surface area (Å²) in [6.45, 7) is 9.41. The maximum Gasteiger partial charge on any atom is 0.172 e. The van der Waals surface area contributed by atoms with Crippen LogP contribution >= 0.6 is 0 Å². The van der Waals surface area contributed by atoms with Gasteiger partial charge in [0.15, 0.2) is 17.4 Å². The average molecular weight is 433 g/mol. The molecule has 172 valence electrons. The van der Waals surface area contributed by atoms with Crippen molar-refractivity contribution in [3.63, 3.8) is 0 Å². The summed E-state index contributed by atoms with van der Waals surface area (Å²) in [7, 11) is 0. The first-order chi connectivity index (χ1) is 14.9. The van der Waals surface area contributed by atoms with E-state index in [-0.39, 0.29) is 5.92 Å². The summed E-state index contributed by atoms with van der Waals surface area (Å²) in [6, 6.07) is 12.1. The van der Waals surface area contributed by atoms with E-state index >= 15 is 0 Å². The minimum absolute atomic E-state index is 0.0950. The molecule has 0 aliphatic rings. The molecule has 0 radical (unpaired) electrons. The quantitative estimate of drug-likeness (QED) is 0.221. The molecule has 0 spiro atoms. The van der Waals surface area contributed by atoms with Crippen LogP contribution in [0.4, 0.5) is 8.78 Å². The van der Waals surface area contributed by atoms with Gasteiger partial charge in [-0.1, -0.05) is 75.8 Å². The normalized spacial score (nSPS) is 12.8. The van der Waals surface area contributed by atoms with Crippen LogP contribution in [0.3, 0.4) is 0 Å². The van der Waals surface area contributed by atoms with Crippen LogP contribution in [0.15, 0.2) is 42.5 Å². The van der Waals surface area contributed by atoms with E-state index in [2.05, 4.69) is 19.1 Å². The zero-order valence-electron chi connectivity index (χ0n) is 19.6. The number of unbranched alkanes of at least 4 members (excludes halogenated alkanes) is 5. The van der Waals surface area contributed by atoms with E-state index in [0.29, 0.717) is 18.8 Å². The third-order valence-corrected chi connectivity index (χ3v) is 5.91. The van der Waals surface area contributed by atoms with E-state index in [1.807, 2.05) is 32.9 Å². The summed E-state index contributed by atoms with van der Waals surface area (Å²) >= 11 is 0. The second kappa shape index (κ2) is 12.9. The molecule has 0 heterocycles. The van der Waals surface area contributed by atoms with Gasteiger partial charge in [0.1, 0.15) is 0 Å². The lowest BCUT2D eigenvalue weighted by atomic mass is 9.85. The first-order valence-corrected chi connectivity index (χ1v) is 11.8. The molecule has 0 saturated heterocycles. The van der Waals surface area contributed by atoms with Gasteiger partial charge in [-0.05, 0) is 56.0 Å². The molecule has 2 aromatic rings. The molecule has 0 fully saturated rings. The highest BCUT2D eigenvalue weighted by Crippen LogP contribution is 2.38. The molecule has 1 unspecified atom stereocenters. The van der Waals surface area contributed by atoms with Crippen LogP contribution in [0, 0.1) is 11.6 Å². The Hall–Kier alpha value is -1.78.